The summed E-state index contributed by atoms with van der Waals surface area (Å²) in [5.41, 5.74) is 7.85. The van der Waals surface area contributed by atoms with Crippen molar-refractivity contribution in [1.29, 1.82) is 0 Å². The van der Waals surface area contributed by atoms with Gasteiger partial charge < -0.3 is 0 Å². The zero-order valence-electron chi connectivity index (χ0n) is 24.3. The van der Waals surface area contributed by atoms with Gasteiger partial charge in [-0.25, -0.2) is 0 Å². The Balaban J connectivity index is 3.59. The van der Waals surface area contributed by atoms with E-state index in [1.54, 1.807) is 0 Å². The molecule has 0 heteroatoms. The summed E-state index contributed by atoms with van der Waals surface area (Å²) >= 11 is 0. The molecule has 0 bridgehead atoms. The van der Waals surface area contributed by atoms with Crippen LogP contribution in [0, 0.1) is 10.8 Å². The molecule has 1 aromatic rings. The largest absolute Gasteiger partial charge is 0.0802 e. The van der Waals surface area contributed by atoms with Crippen LogP contribution < -0.4 is 0 Å². The van der Waals surface area contributed by atoms with E-state index < -0.39 is 0 Å². The highest BCUT2D eigenvalue weighted by atomic mass is 14.4. The zero-order valence-corrected chi connectivity index (χ0v) is 24.3. The Labute approximate surface area is 202 Å². The van der Waals surface area contributed by atoms with E-state index in [-0.39, 0.29) is 27.1 Å². The lowest BCUT2D eigenvalue weighted by atomic mass is 9.66. The molecule has 0 aliphatic carbocycles. The molecular weight excluding hydrogens is 384 g/mol. The van der Waals surface area contributed by atoms with E-state index in [4.69, 9.17) is 0 Å². The molecule has 0 unspecified atom stereocenters. The van der Waals surface area contributed by atoms with E-state index >= 15 is 0 Å². The number of rotatable bonds is 8. The predicted octanol–water partition coefficient (Wildman–Crippen LogP) is 10.3. The number of benzene rings is 1. The maximum Gasteiger partial charge on any atom is -0.00953 e. The van der Waals surface area contributed by atoms with Crippen LogP contribution in [0.3, 0.4) is 0 Å². The van der Waals surface area contributed by atoms with Gasteiger partial charge in [0.1, 0.15) is 0 Å². The number of hydrogen-bond donors (Lipinski definition) is 0. The number of allylic oxidation sites excluding steroid dienone is 4. The second kappa shape index (κ2) is 9.52. The summed E-state index contributed by atoms with van der Waals surface area (Å²) in [6, 6.07) is 7.49. The lowest BCUT2D eigenvalue weighted by Crippen LogP contribution is -2.29. The van der Waals surface area contributed by atoms with Gasteiger partial charge in [0.05, 0.1) is 0 Å². The minimum atomic E-state index is 0.0942. The van der Waals surface area contributed by atoms with Crippen LogP contribution in [0.1, 0.15) is 133 Å². The van der Waals surface area contributed by atoms with Crippen molar-refractivity contribution >= 4 is 0 Å². The lowest BCUT2D eigenvalue weighted by molar-refractivity contribution is 0.312. The summed E-state index contributed by atoms with van der Waals surface area (Å²) in [6.45, 7) is 35.1. The van der Waals surface area contributed by atoms with Gasteiger partial charge >= 0.3 is 0 Å². The Morgan fingerprint density at radius 3 is 1.06 bits per heavy atom. The quantitative estimate of drug-likeness (QED) is 0.354. The molecule has 0 radical (unpaired) electrons. The molecule has 32 heavy (non-hydrogen) atoms. The topological polar surface area (TPSA) is 0 Å². The van der Waals surface area contributed by atoms with Crippen LogP contribution in [0.2, 0.25) is 0 Å². The summed E-state index contributed by atoms with van der Waals surface area (Å²) in [5, 5.41) is 0. The van der Waals surface area contributed by atoms with Crippen molar-refractivity contribution in [2.45, 2.75) is 133 Å². The molecule has 0 aliphatic heterocycles. The average molecular weight is 439 g/mol. The Kier molecular flexibility index (Phi) is 8.55. The Morgan fingerprint density at radius 1 is 0.531 bits per heavy atom. The van der Waals surface area contributed by atoms with Gasteiger partial charge in [0, 0.05) is 0 Å². The monoisotopic (exact) mass is 438 g/mol. The molecule has 0 nitrogen and oxygen atoms in total. The summed E-state index contributed by atoms with van der Waals surface area (Å²) < 4.78 is 0. The summed E-state index contributed by atoms with van der Waals surface area (Å²) in [4.78, 5) is 0. The molecule has 0 amide bonds. The van der Waals surface area contributed by atoms with Crippen LogP contribution in [-0.2, 0) is 16.2 Å². The molecule has 0 saturated heterocycles. The third-order valence-electron chi connectivity index (χ3n) is 6.52. The van der Waals surface area contributed by atoms with Crippen molar-refractivity contribution in [2.75, 3.05) is 0 Å². The first-order valence-corrected chi connectivity index (χ1v) is 12.6. The first-order valence-electron chi connectivity index (χ1n) is 12.6. The Hall–Kier alpha value is -1.30. The summed E-state index contributed by atoms with van der Waals surface area (Å²) in [7, 11) is 0. The maximum absolute atomic E-state index is 2.52. The van der Waals surface area contributed by atoms with Crippen LogP contribution in [0.15, 0.2) is 41.5 Å². The van der Waals surface area contributed by atoms with Crippen molar-refractivity contribution in [3.05, 3.63) is 58.2 Å². The highest BCUT2D eigenvalue weighted by Gasteiger charge is 2.34. The van der Waals surface area contributed by atoms with E-state index in [1.165, 1.54) is 27.8 Å². The maximum atomic E-state index is 2.52. The standard InChI is InChI=1S/C32H54/c1-23(2)19-29(8,9)21-31(12,13)26-16-25(28(5,6)7)17-27(18-26)32(14,15)22-30(10,11)20-24(3)4/h16-20H,21-22H2,1-15H3. The fraction of sp³-hybridized carbons (Fsp3) is 0.688. The first-order chi connectivity index (χ1) is 14.1. The van der Waals surface area contributed by atoms with Gasteiger partial charge in [-0.2, -0.15) is 0 Å². The molecule has 0 aliphatic rings. The third-order valence-corrected chi connectivity index (χ3v) is 6.52. The molecule has 0 atom stereocenters. The van der Waals surface area contributed by atoms with Crippen LogP contribution >= 0.6 is 0 Å². The molecule has 0 saturated carbocycles. The van der Waals surface area contributed by atoms with E-state index in [0.29, 0.717) is 0 Å². The second-order valence-corrected chi connectivity index (χ2v) is 14.6. The molecule has 182 valence electrons. The predicted molar refractivity (Wildman–Crippen MR) is 147 cm³/mol. The number of hydrogen-bond acceptors (Lipinski definition) is 0. The average Bonchev–Trinajstić information content (AvgIpc) is 2.48. The van der Waals surface area contributed by atoms with Crippen LogP contribution in [0.25, 0.3) is 0 Å². The smallest absolute Gasteiger partial charge is 0.00953 e. The van der Waals surface area contributed by atoms with E-state index in [2.05, 4.69) is 134 Å². The highest BCUT2D eigenvalue weighted by molar-refractivity contribution is 5.41. The highest BCUT2D eigenvalue weighted by Crippen LogP contribution is 2.43. The molecule has 0 heterocycles. The van der Waals surface area contributed by atoms with Gasteiger partial charge in [-0.15, -0.1) is 0 Å². The fourth-order valence-electron chi connectivity index (χ4n) is 5.99. The second-order valence-electron chi connectivity index (χ2n) is 14.6. The Bertz CT molecular complexity index is 774. The van der Waals surface area contributed by atoms with Crippen molar-refractivity contribution in [1.82, 2.24) is 0 Å². The van der Waals surface area contributed by atoms with Gasteiger partial charge in [-0.05, 0) is 84.3 Å². The van der Waals surface area contributed by atoms with Crippen molar-refractivity contribution in [2.24, 2.45) is 10.8 Å². The molecular formula is C32H54. The van der Waals surface area contributed by atoms with Gasteiger partial charge in [0.25, 0.3) is 0 Å². The van der Waals surface area contributed by atoms with Crippen LogP contribution in [0.4, 0.5) is 0 Å². The molecule has 1 rings (SSSR count). The van der Waals surface area contributed by atoms with Gasteiger partial charge in [-0.3, -0.25) is 0 Å². The molecule has 0 spiro atoms. The normalized spacial score (nSPS) is 13.7. The summed E-state index contributed by atoms with van der Waals surface area (Å²) in [5.74, 6) is 0. The lowest BCUT2D eigenvalue weighted by Gasteiger charge is -2.38. The van der Waals surface area contributed by atoms with E-state index in [0.717, 1.165) is 12.8 Å². The Morgan fingerprint density at radius 2 is 0.812 bits per heavy atom. The minimum absolute atomic E-state index is 0.0942. The van der Waals surface area contributed by atoms with Crippen molar-refractivity contribution < 1.29 is 0 Å². The summed E-state index contributed by atoms with van der Waals surface area (Å²) in [6.07, 6.45) is 7.13. The van der Waals surface area contributed by atoms with Crippen LogP contribution in [-0.4, -0.2) is 0 Å². The SMILES string of the molecule is CC(C)=CC(C)(C)CC(C)(C)c1cc(C(C)(C)C)cc(C(C)(C)CC(C)(C)C=C(C)C)c1. The van der Waals surface area contributed by atoms with Gasteiger partial charge in [0.2, 0.25) is 0 Å². The van der Waals surface area contributed by atoms with Gasteiger partial charge in [0.15, 0.2) is 0 Å². The molecule has 0 N–H and O–H groups in total. The van der Waals surface area contributed by atoms with Gasteiger partial charge in [-0.1, -0.05) is 118 Å². The van der Waals surface area contributed by atoms with Crippen molar-refractivity contribution in [3.63, 3.8) is 0 Å². The molecule has 0 fully saturated rings. The fourth-order valence-corrected chi connectivity index (χ4v) is 5.99. The zero-order chi connectivity index (χ0) is 25.3. The van der Waals surface area contributed by atoms with Crippen LogP contribution in [0.5, 0.6) is 0 Å². The van der Waals surface area contributed by atoms with E-state index in [9.17, 15) is 0 Å². The third kappa shape index (κ3) is 8.57. The molecule has 0 aromatic heterocycles. The first kappa shape index (κ1) is 28.7. The van der Waals surface area contributed by atoms with Crippen molar-refractivity contribution in [3.8, 4) is 0 Å². The molecule has 1 aromatic carbocycles. The van der Waals surface area contributed by atoms with E-state index in [1.807, 2.05) is 0 Å². The minimum Gasteiger partial charge on any atom is -0.0802 e.